The summed E-state index contributed by atoms with van der Waals surface area (Å²) in [7, 11) is -0.518. The van der Waals surface area contributed by atoms with Crippen LogP contribution in [0.3, 0.4) is 0 Å². The van der Waals surface area contributed by atoms with Crippen molar-refractivity contribution in [3.05, 3.63) is 59.7 Å². The van der Waals surface area contributed by atoms with E-state index in [0.29, 0.717) is 18.1 Å². The molecule has 0 bridgehead atoms. The van der Waals surface area contributed by atoms with E-state index in [9.17, 15) is 9.18 Å². The zero-order valence-corrected chi connectivity index (χ0v) is 21.6. The number of allylic oxidation sites excluding steroid dienone is 1. The molecule has 0 aliphatic carbocycles. The van der Waals surface area contributed by atoms with E-state index in [4.69, 9.17) is 4.74 Å². The second-order valence-corrected chi connectivity index (χ2v) is 12.9. The first-order chi connectivity index (χ1) is 16.3. The lowest BCUT2D eigenvalue weighted by Gasteiger charge is -2.24. The minimum Gasteiger partial charge on any atom is -0.426 e. The molecule has 2 atom stereocenters. The lowest BCUT2D eigenvalue weighted by Crippen LogP contribution is -2.25. The maximum Gasteiger partial charge on any atom is 0.316 e. The summed E-state index contributed by atoms with van der Waals surface area (Å²) in [6, 6.07) is 15.3. The highest BCUT2D eigenvalue weighted by molar-refractivity contribution is 8.17. The molecular weight excluding hydrogens is 445 g/mol. The molecule has 4 rings (SSSR count). The molecule has 2 heterocycles. The Kier molecular flexibility index (Phi) is 8.15. The summed E-state index contributed by atoms with van der Waals surface area (Å²) in [4.78, 5) is 17.5. The summed E-state index contributed by atoms with van der Waals surface area (Å²) in [6.45, 7) is 8.49. The van der Waals surface area contributed by atoms with E-state index in [1.54, 1.807) is 0 Å². The number of carbonyl (C=O) groups excluding carboxylic acids is 1. The number of carbonyl (C=O) groups is 1. The van der Waals surface area contributed by atoms with Gasteiger partial charge in [-0.1, -0.05) is 30.4 Å². The van der Waals surface area contributed by atoms with Crippen LogP contribution in [0.1, 0.15) is 51.2 Å². The fourth-order valence-electron chi connectivity index (χ4n) is 4.74. The van der Waals surface area contributed by atoms with Gasteiger partial charge in [0, 0.05) is 18.0 Å². The zero-order chi connectivity index (χ0) is 24.1. The van der Waals surface area contributed by atoms with Crippen molar-refractivity contribution >= 4 is 22.9 Å². The molecule has 0 N–H and O–H groups in total. The van der Waals surface area contributed by atoms with E-state index in [2.05, 4.69) is 53.5 Å². The summed E-state index contributed by atoms with van der Waals surface area (Å²) in [5.41, 5.74) is 2.08. The fraction of sp³-hybridized carbons (Fsp3) is 0.483. The fourth-order valence-corrected chi connectivity index (χ4v) is 7.17. The van der Waals surface area contributed by atoms with E-state index < -0.39 is 16.3 Å². The predicted molar refractivity (Wildman–Crippen MR) is 141 cm³/mol. The Morgan fingerprint density at radius 3 is 2.71 bits per heavy atom. The molecule has 2 unspecified atom stereocenters. The average molecular weight is 484 g/mol. The van der Waals surface area contributed by atoms with E-state index in [1.807, 2.05) is 26.8 Å². The summed E-state index contributed by atoms with van der Waals surface area (Å²) < 4.78 is 18.2. The van der Waals surface area contributed by atoms with Crippen LogP contribution in [-0.2, 0) is 11.2 Å². The van der Waals surface area contributed by atoms with Crippen molar-refractivity contribution in [3.63, 3.8) is 0 Å². The highest BCUT2D eigenvalue weighted by Gasteiger charge is 2.25. The number of rotatable bonds is 7. The first-order valence-electron chi connectivity index (χ1n) is 12.5. The van der Waals surface area contributed by atoms with Gasteiger partial charge in [-0.25, -0.2) is 0 Å². The second-order valence-electron chi connectivity index (χ2n) is 10.6. The van der Waals surface area contributed by atoms with Crippen LogP contribution in [0, 0.1) is 11.3 Å². The Hall–Kier alpha value is -2.11. The molecule has 184 valence electrons. The third kappa shape index (κ3) is 6.31. The maximum absolute atomic E-state index is 12.5. The molecule has 1 fully saturated rings. The molecule has 34 heavy (non-hydrogen) atoms. The van der Waals surface area contributed by atoms with Gasteiger partial charge in [0.15, 0.2) is 0 Å². The molecule has 2 aliphatic rings. The van der Waals surface area contributed by atoms with Gasteiger partial charge < -0.3 is 9.64 Å². The van der Waals surface area contributed by atoms with Gasteiger partial charge in [0.25, 0.3) is 0 Å². The van der Waals surface area contributed by atoms with Crippen molar-refractivity contribution in [1.29, 1.82) is 0 Å². The standard InChI is InChI=1S/C29H38FNO2S/c1-29(2,3)28(32)33-25-11-10-24-7-4-5-18-34(27(24)20-25)26-12-8-22(9-13-26)19-23-14-17-31(21-23)16-6-15-30/h4,7-13,20,23,34H,5-6,14-19,21H2,1-3H3. The third-order valence-electron chi connectivity index (χ3n) is 6.68. The molecule has 3 nitrogen and oxygen atoms in total. The van der Waals surface area contributed by atoms with Crippen LogP contribution in [-0.4, -0.2) is 42.9 Å². The van der Waals surface area contributed by atoms with Crippen LogP contribution in [0.25, 0.3) is 6.08 Å². The van der Waals surface area contributed by atoms with Crippen molar-refractivity contribution in [2.45, 2.75) is 56.2 Å². The number of nitrogens with zero attached hydrogens (tertiary/aromatic N) is 1. The highest BCUT2D eigenvalue weighted by atomic mass is 32.2. The van der Waals surface area contributed by atoms with Gasteiger partial charge in [0.1, 0.15) is 5.75 Å². The number of fused-ring (bicyclic) bond motifs is 1. The molecule has 0 saturated carbocycles. The summed E-state index contributed by atoms with van der Waals surface area (Å²) >= 11 is 0. The van der Waals surface area contributed by atoms with Gasteiger partial charge >= 0.3 is 5.97 Å². The monoisotopic (exact) mass is 483 g/mol. The van der Waals surface area contributed by atoms with E-state index in [-0.39, 0.29) is 12.6 Å². The predicted octanol–water partition coefficient (Wildman–Crippen LogP) is 6.70. The van der Waals surface area contributed by atoms with Crippen LogP contribution < -0.4 is 4.74 Å². The number of ether oxygens (including phenoxy) is 1. The van der Waals surface area contributed by atoms with Gasteiger partial charge in [-0.15, -0.1) is 0 Å². The quantitative estimate of drug-likeness (QED) is 0.270. The average Bonchev–Trinajstić information content (AvgIpc) is 3.14. The largest absolute Gasteiger partial charge is 0.426 e. The lowest BCUT2D eigenvalue weighted by molar-refractivity contribution is -0.143. The molecule has 0 spiro atoms. The van der Waals surface area contributed by atoms with Crippen molar-refractivity contribution in [2.75, 3.05) is 32.1 Å². The Bertz CT molecular complexity index is 1010. The SMILES string of the molecule is CC(C)(C)C(=O)Oc1ccc2c(c1)[SH](c1ccc(CC3CCN(CCCF)C3)cc1)CCC=C2. The van der Waals surface area contributed by atoms with Gasteiger partial charge in [-0.05, 0) is 105 Å². The Balaban J connectivity index is 1.47. The van der Waals surface area contributed by atoms with Crippen LogP contribution in [0.4, 0.5) is 4.39 Å². The number of esters is 1. The molecule has 5 heteroatoms. The van der Waals surface area contributed by atoms with Crippen LogP contribution >= 0.6 is 10.9 Å². The van der Waals surface area contributed by atoms with Crippen LogP contribution in [0.2, 0.25) is 0 Å². The molecule has 2 aliphatic heterocycles. The number of halogens is 1. The van der Waals surface area contributed by atoms with Gasteiger partial charge in [0.05, 0.1) is 12.1 Å². The Morgan fingerprint density at radius 1 is 1.18 bits per heavy atom. The molecule has 1 saturated heterocycles. The van der Waals surface area contributed by atoms with Gasteiger partial charge in [0.2, 0.25) is 0 Å². The molecule has 2 aromatic rings. The number of alkyl halides is 1. The van der Waals surface area contributed by atoms with Crippen molar-refractivity contribution in [1.82, 2.24) is 4.90 Å². The Morgan fingerprint density at radius 2 is 1.97 bits per heavy atom. The number of thiol groups is 1. The van der Waals surface area contributed by atoms with E-state index in [1.165, 1.54) is 27.3 Å². The molecule has 0 radical (unpaired) electrons. The van der Waals surface area contributed by atoms with Crippen molar-refractivity contribution < 1.29 is 13.9 Å². The van der Waals surface area contributed by atoms with Crippen LogP contribution in [0.15, 0.2) is 58.3 Å². The number of hydrogen-bond acceptors (Lipinski definition) is 3. The van der Waals surface area contributed by atoms with E-state index >= 15 is 0 Å². The van der Waals surface area contributed by atoms with Crippen molar-refractivity contribution in [3.8, 4) is 5.75 Å². The topological polar surface area (TPSA) is 29.5 Å². The second kappa shape index (κ2) is 11.1. The van der Waals surface area contributed by atoms with Crippen molar-refractivity contribution in [2.24, 2.45) is 11.3 Å². The molecular formula is C29H38FNO2S. The van der Waals surface area contributed by atoms with Crippen LogP contribution in [0.5, 0.6) is 5.75 Å². The number of hydrogen-bond donors (Lipinski definition) is 1. The minimum absolute atomic E-state index is 0.208. The first-order valence-corrected chi connectivity index (χ1v) is 14.0. The van der Waals surface area contributed by atoms with Gasteiger partial charge in [-0.2, -0.15) is 10.9 Å². The third-order valence-corrected chi connectivity index (χ3v) is 9.28. The normalized spacial score (nSPS) is 21.8. The molecule has 0 amide bonds. The summed E-state index contributed by atoms with van der Waals surface area (Å²) in [5, 5.41) is 0. The molecule has 2 aromatic carbocycles. The highest BCUT2D eigenvalue weighted by Crippen LogP contribution is 2.49. The summed E-state index contributed by atoms with van der Waals surface area (Å²) in [5.74, 6) is 2.19. The zero-order valence-electron chi connectivity index (χ0n) is 20.7. The Labute approximate surface area is 206 Å². The van der Waals surface area contributed by atoms with E-state index in [0.717, 1.165) is 38.2 Å². The maximum atomic E-state index is 12.5. The first kappa shape index (κ1) is 25.0. The summed E-state index contributed by atoms with van der Waals surface area (Å²) in [6.07, 6.45) is 8.46. The smallest absolute Gasteiger partial charge is 0.316 e. The minimum atomic E-state index is -0.531. The lowest BCUT2D eigenvalue weighted by atomic mass is 9.97. The number of benzene rings is 2. The van der Waals surface area contributed by atoms with Gasteiger partial charge in [-0.3, -0.25) is 9.18 Å². The number of likely N-dealkylation sites (tertiary alicyclic amines) is 1. The molecule has 0 aromatic heterocycles.